The number of carbonyl (C=O) groups excluding carboxylic acids is 1. The summed E-state index contributed by atoms with van der Waals surface area (Å²) in [6.07, 6.45) is 0. The van der Waals surface area contributed by atoms with E-state index in [9.17, 15) is 4.79 Å². The van der Waals surface area contributed by atoms with Crippen LogP contribution in [-0.4, -0.2) is 16.2 Å². The van der Waals surface area contributed by atoms with Crippen molar-refractivity contribution in [2.24, 2.45) is 5.73 Å². The average Bonchev–Trinajstić information content (AvgIpc) is 2.82. The minimum atomic E-state index is -0.571. The first-order valence-corrected chi connectivity index (χ1v) is 7.10. The molecule has 0 saturated heterocycles. The molecule has 1 aromatic heterocycles. The molecule has 0 aliphatic carbocycles. The first kappa shape index (κ1) is 13.1. The van der Waals surface area contributed by atoms with E-state index in [4.69, 9.17) is 17.3 Å². The molecule has 94 valence electrons. The monoisotopic (exact) mass is 300 g/mol. The molecule has 0 atom stereocenters. The first-order valence-electron chi connectivity index (χ1n) is 4.90. The van der Waals surface area contributed by atoms with Gasteiger partial charge >= 0.3 is 6.03 Å². The number of nitrogens with zero attached hydrogens (tertiary/aromatic N) is 3. The van der Waals surface area contributed by atoms with Crippen molar-refractivity contribution in [3.63, 3.8) is 0 Å². The van der Waals surface area contributed by atoms with E-state index in [1.54, 1.807) is 11.6 Å². The predicted octanol–water partition coefficient (Wildman–Crippen LogP) is 2.93. The number of aromatic nitrogens is 2. The lowest BCUT2D eigenvalue weighted by Crippen LogP contribution is -2.29. The number of hydrogen-bond acceptors (Lipinski definition) is 5. The summed E-state index contributed by atoms with van der Waals surface area (Å²) in [6.45, 7) is 0. The lowest BCUT2D eigenvalue weighted by Gasteiger charge is -2.14. The Balaban J connectivity index is 2.05. The first-order chi connectivity index (χ1) is 8.66. The van der Waals surface area contributed by atoms with E-state index < -0.39 is 6.03 Å². The molecule has 0 spiro atoms. The van der Waals surface area contributed by atoms with Gasteiger partial charge in [-0.15, -0.1) is 10.2 Å². The molecular formula is C10H9ClN4OS2. The molecule has 0 unspecified atom stereocenters. The zero-order valence-corrected chi connectivity index (χ0v) is 11.5. The van der Waals surface area contributed by atoms with Crippen LogP contribution in [-0.2, 0) is 5.75 Å². The van der Waals surface area contributed by atoms with E-state index in [-0.39, 0.29) is 0 Å². The summed E-state index contributed by atoms with van der Waals surface area (Å²) in [5.74, 6) is 0.572. The van der Waals surface area contributed by atoms with Gasteiger partial charge in [-0.2, -0.15) is 0 Å². The van der Waals surface area contributed by atoms with Crippen LogP contribution < -0.4 is 10.0 Å². The van der Waals surface area contributed by atoms with Gasteiger partial charge in [0.2, 0.25) is 5.13 Å². The van der Waals surface area contributed by atoms with Crippen molar-refractivity contribution in [2.75, 3.05) is 4.31 Å². The lowest BCUT2D eigenvalue weighted by molar-refractivity contribution is 0.257. The largest absolute Gasteiger partial charge is 0.350 e. The van der Waals surface area contributed by atoms with Crippen molar-refractivity contribution in [3.05, 3.63) is 40.4 Å². The Labute approximate surface area is 117 Å². The zero-order chi connectivity index (χ0) is 13.0. The molecule has 2 aromatic rings. The summed E-state index contributed by atoms with van der Waals surface area (Å²) in [6, 6.07) is 6.86. The normalized spacial score (nSPS) is 10.3. The van der Waals surface area contributed by atoms with Crippen LogP contribution in [0.2, 0.25) is 5.02 Å². The van der Waals surface area contributed by atoms with Gasteiger partial charge in [-0.1, -0.05) is 35.1 Å². The summed E-state index contributed by atoms with van der Waals surface area (Å²) >= 11 is 8.40. The minimum absolute atomic E-state index is 0.467. The van der Waals surface area contributed by atoms with Gasteiger partial charge in [0.1, 0.15) is 5.51 Å². The number of urea groups is 1. The fourth-order valence-electron chi connectivity index (χ4n) is 1.23. The van der Waals surface area contributed by atoms with Crippen LogP contribution in [0, 0.1) is 0 Å². The molecule has 0 fully saturated rings. The Morgan fingerprint density at radius 3 is 3.00 bits per heavy atom. The van der Waals surface area contributed by atoms with Gasteiger partial charge < -0.3 is 5.73 Å². The number of carbonyl (C=O) groups is 1. The number of amides is 2. The predicted molar refractivity (Wildman–Crippen MR) is 74.7 cm³/mol. The van der Waals surface area contributed by atoms with Crippen molar-refractivity contribution in [1.29, 1.82) is 0 Å². The fraction of sp³-hybridized carbons (Fsp3) is 0.100. The van der Waals surface area contributed by atoms with Crippen LogP contribution in [0.15, 0.2) is 29.8 Å². The molecular weight excluding hydrogens is 292 g/mol. The summed E-state index contributed by atoms with van der Waals surface area (Å²) < 4.78 is 1.32. The van der Waals surface area contributed by atoms with Crippen molar-refractivity contribution in [2.45, 2.75) is 5.75 Å². The van der Waals surface area contributed by atoms with Crippen LogP contribution in [0.3, 0.4) is 0 Å². The molecule has 5 nitrogen and oxygen atoms in total. The summed E-state index contributed by atoms with van der Waals surface area (Å²) in [5, 5.41) is 8.62. The number of anilines is 1. The van der Waals surface area contributed by atoms with Crippen molar-refractivity contribution in [1.82, 2.24) is 10.2 Å². The summed E-state index contributed by atoms with van der Waals surface area (Å²) in [5.41, 5.74) is 7.85. The Kier molecular flexibility index (Phi) is 4.40. The number of halogens is 1. The Morgan fingerprint density at radius 1 is 1.56 bits per heavy atom. The highest BCUT2D eigenvalue weighted by atomic mass is 35.5. The molecule has 8 heteroatoms. The number of primary amides is 1. The molecule has 0 bridgehead atoms. The van der Waals surface area contributed by atoms with Gasteiger partial charge in [0.25, 0.3) is 0 Å². The van der Waals surface area contributed by atoms with Gasteiger partial charge in [0.05, 0.1) is 0 Å². The Bertz CT molecular complexity index is 534. The highest BCUT2D eigenvalue weighted by Gasteiger charge is 2.16. The van der Waals surface area contributed by atoms with E-state index >= 15 is 0 Å². The van der Waals surface area contributed by atoms with Crippen LogP contribution in [0.5, 0.6) is 0 Å². The second kappa shape index (κ2) is 6.03. The third kappa shape index (κ3) is 3.34. The van der Waals surface area contributed by atoms with E-state index in [1.807, 2.05) is 18.2 Å². The van der Waals surface area contributed by atoms with Crippen LogP contribution >= 0.6 is 34.9 Å². The topological polar surface area (TPSA) is 72.1 Å². The van der Waals surface area contributed by atoms with Crippen LogP contribution in [0.4, 0.5) is 9.93 Å². The van der Waals surface area contributed by atoms with Crippen LogP contribution in [0.1, 0.15) is 5.56 Å². The van der Waals surface area contributed by atoms with Gasteiger partial charge in [-0.05, 0) is 29.6 Å². The number of hydrogen-bond donors (Lipinski definition) is 1. The molecule has 0 aliphatic rings. The number of nitrogens with two attached hydrogens (primary N) is 1. The highest BCUT2D eigenvalue weighted by molar-refractivity contribution is 8.00. The number of rotatable bonds is 4. The third-order valence-electron chi connectivity index (χ3n) is 1.97. The minimum Gasteiger partial charge on any atom is -0.350 e. The SMILES string of the molecule is NC(=O)N(SCc1cccc(Cl)c1)c1nncs1. The summed E-state index contributed by atoms with van der Waals surface area (Å²) in [4.78, 5) is 11.3. The molecule has 18 heavy (non-hydrogen) atoms. The molecule has 1 aromatic carbocycles. The van der Waals surface area contributed by atoms with E-state index in [1.165, 1.54) is 27.6 Å². The van der Waals surface area contributed by atoms with Gasteiger partial charge in [0.15, 0.2) is 0 Å². The molecule has 2 amide bonds. The van der Waals surface area contributed by atoms with Crippen molar-refractivity contribution in [3.8, 4) is 0 Å². The third-order valence-corrected chi connectivity index (χ3v) is 4.07. The molecule has 2 rings (SSSR count). The molecule has 0 aliphatic heterocycles. The summed E-state index contributed by atoms with van der Waals surface area (Å²) in [7, 11) is 0. The quantitative estimate of drug-likeness (QED) is 0.881. The van der Waals surface area contributed by atoms with Crippen LogP contribution in [0.25, 0.3) is 0 Å². The standard InChI is InChI=1S/C10H9ClN4OS2/c11-8-3-1-2-7(4-8)5-18-15(9(12)16)10-14-13-6-17-10/h1-4,6H,5H2,(H2,12,16). The number of benzene rings is 1. The smallest absolute Gasteiger partial charge is 0.331 e. The van der Waals surface area contributed by atoms with Crippen molar-refractivity contribution >= 4 is 46.0 Å². The molecule has 1 heterocycles. The highest BCUT2D eigenvalue weighted by Crippen LogP contribution is 2.26. The van der Waals surface area contributed by atoms with Crippen molar-refractivity contribution < 1.29 is 4.79 Å². The maximum atomic E-state index is 11.3. The Morgan fingerprint density at radius 2 is 2.39 bits per heavy atom. The van der Waals surface area contributed by atoms with Gasteiger partial charge in [-0.25, -0.2) is 9.10 Å². The van der Waals surface area contributed by atoms with E-state index in [0.29, 0.717) is 15.9 Å². The average molecular weight is 301 g/mol. The maximum Gasteiger partial charge on any atom is 0.331 e. The van der Waals surface area contributed by atoms with E-state index in [2.05, 4.69) is 10.2 Å². The Hall–Kier alpha value is -1.31. The second-order valence-electron chi connectivity index (χ2n) is 3.26. The molecule has 0 radical (unpaired) electrons. The van der Waals surface area contributed by atoms with Gasteiger partial charge in [-0.3, -0.25) is 0 Å². The molecule has 0 saturated carbocycles. The van der Waals surface area contributed by atoms with Gasteiger partial charge in [0, 0.05) is 10.8 Å². The van der Waals surface area contributed by atoms with E-state index in [0.717, 1.165) is 5.56 Å². The zero-order valence-electron chi connectivity index (χ0n) is 9.12. The fourth-order valence-corrected chi connectivity index (χ4v) is 2.94. The second-order valence-corrected chi connectivity index (χ2v) is 5.42. The lowest BCUT2D eigenvalue weighted by atomic mass is 10.2. The maximum absolute atomic E-state index is 11.3. The molecule has 2 N–H and O–H groups in total.